The van der Waals surface area contributed by atoms with Crippen molar-refractivity contribution in [1.82, 2.24) is 0 Å². The molecule has 1 heterocycles. The van der Waals surface area contributed by atoms with Crippen LogP contribution in [0.5, 0.6) is 5.75 Å². The SMILES string of the molecule is CCCc1ccccc1NC(=O)N1CC(CC)Oc2cc(-c3ccc(C4CCCCC4)cc3)ccc21. The van der Waals surface area contributed by atoms with Crippen LogP contribution in [0.3, 0.4) is 0 Å². The number of para-hydroxylation sites is 1. The monoisotopic (exact) mass is 482 g/mol. The van der Waals surface area contributed by atoms with E-state index in [1.165, 1.54) is 48.8 Å². The number of rotatable bonds is 6. The number of benzene rings is 3. The molecule has 1 unspecified atom stereocenters. The van der Waals surface area contributed by atoms with Gasteiger partial charge in [0.15, 0.2) is 0 Å². The summed E-state index contributed by atoms with van der Waals surface area (Å²) in [5.74, 6) is 1.48. The summed E-state index contributed by atoms with van der Waals surface area (Å²) in [6.45, 7) is 4.81. The molecule has 1 saturated carbocycles. The van der Waals surface area contributed by atoms with Gasteiger partial charge in [-0.1, -0.05) is 88.1 Å². The standard InChI is InChI=1S/C32H38N2O2/c1-3-10-26-13-8-9-14-29(26)33-32(35)34-22-28(4-2)36-31-21-27(19-20-30(31)34)25-17-15-24(16-18-25)23-11-6-5-7-12-23/h8-9,13-21,23,28H,3-7,10-12,22H2,1-2H3,(H,33,35). The number of anilines is 2. The Labute approximate surface area is 215 Å². The van der Waals surface area contributed by atoms with E-state index in [0.717, 1.165) is 42.0 Å². The fourth-order valence-corrected chi connectivity index (χ4v) is 5.63. The fourth-order valence-electron chi connectivity index (χ4n) is 5.63. The van der Waals surface area contributed by atoms with Gasteiger partial charge in [0.2, 0.25) is 0 Å². The third-order valence-electron chi connectivity index (χ3n) is 7.73. The average molecular weight is 483 g/mol. The molecule has 1 aliphatic carbocycles. The molecular formula is C32H38N2O2. The smallest absolute Gasteiger partial charge is 0.326 e. The van der Waals surface area contributed by atoms with Crippen molar-refractivity contribution in [2.75, 3.05) is 16.8 Å². The van der Waals surface area contributed by atoms with Gasteiger partial charge in [-0.05, 0) is 72.1 Å². The Morgan fingerprint density at radius 3 is 2.44 bits per heavy atom. The van der Waals surface area contributed by atoms with Crippen LogP contribution in [-0.4, -0.2) is 18.7 Å². The van der Waals surface area contributed by atoms with Gasteiger partial charge >= 0.3 is 6.03 Å². The maximum atomic E-state index is 13.5. The van der Waals surface area contributed by atoms with Crippen molar-refractivity contribution in [3.05, 3.63) is 77.9 Å². The second-order valence-corrected chi connectivity index (χ2v) is 10.2. The number of ether oxygens (including phenoxy) is 1. The second kappa shape index (κ2) is 11.2. The zero-order chi connectivity index (χ0) is 24.9. The summed E-state index contributed by atoms with van der Waals surface area (Å²) in [6, 6.07) is 23.3. The molecule has 0 aromatic heterocycles. The van der Waals surface area contributed by atoms with Crippen molar-refractivity contribution in [3.8, 4) is 16.9 Å². The first-order valence-corrected chi connectivity index (χ1v) is 13.7. The van der Waals surface area contributed by atoms with Crippen LogP contribution in [0.15, 0.2) is 66.7 Å². The predicted molar refractivity (Wildman–Crippen MR) is 149 cm³/mol. The maximum Gasteiger partial charge on any atom is 0.326 e. The third-order valence-corrected chi connectivity index (χ3v) is 7.73. The molecule has 5 rings (SSSR count). The molecule has 4 nitrogen and oxygen atoms in total. The third kappa shape index (κ3) is 5.28. The number of fused-ring (bicyclic) bond motifs is 1. The average Bonchev–Trinajstić information content (AvgIpc) is 2.94. The molecule has 0 spiro atoms. The quantitative estimate of drug-likeness (QED) is 0.382. The zero-order valence-corrected chi connectivity index (χ0v) is 21.6. The van der Waals surface area contributed by atoms with Crippen LogP contribution in [-0.2, 0) is 6.42 Å². The van der Waals surface area contributed by atoms with Crippen molar-refractivity contribution >= 4 is 17.4 Å². The molecule has 2 amide bonds. The van der Waals surface area contributed by atoms with Gasteiger partial charge in [0, 0.05) is 5.69 Å². The van der Waals surface area contributed by atoms with Crippen LogP contribution in [0.2, 0.25) is 0 Å². The number of nitrogens with one attached hydrogen (secondary N) is 1. The van der Waals surface area contributed by atoms with E-state index >= 15 is 0 Å². The lowest BCUT2D eigenvalue weighted by atomic mass is 9.84. The Morgan fingerprint density at radius 2 is 1.69 bits per heavy atom. The first kappa shape index (κ1) is 24.4. The first-order valence-electron chi connectivity index (χ1n) is 13.7. The molecule has 4 heteroatoms. The van der Waals surface area contributed by atoms with Crippen molar-refractivity contribution < 1.29 is 9.53 Å². The van der Waals surface area contributed by atoms with Crippen LogP contribution in [0.25, 0.3) is 11.1 Å². The topological polar surface area (TPSA) is 41.6 Å². The molecule has 3 aromatic carbocycles. The molecule has 1 atom stereocenters. The summed E-state index contributed by atoms with van der Waals surface area (Å²) in [7, 11) is 0. The Kier molecular flexibility index (Phi) is 7.60. The number of amides is 2. The molecule has 0 saturated heterocycles. The van der Waals surface area contributed by atoms with Gasteiger partial charge in [-0.25, -0.2) is 4.79 Å². The molecule has 1 N–H and O–H groups in total. The largest absolute Gasteiger partial charge is 0.486 e. The molecule has 1 aliphatic heterocycles. The number of urea groups is 1. The van der Waals surface area contributed by atoms with Crippen molar-refractivity contribution in [3.63, 3.8) is 0 Å². The number of carbonyl (C=O) groups is 1. The zero-order valence-electron chi connectivity index (χ0n) is 21.6. The van der Waals surface area contributed by atoms with Gasteiger partial charge in [-0.15, -0.1) is 0 Å². The summed E-state index contributed by atoms with van der Waals surface area (Å²) < 4.78 is 6.33. The minimum Gasteiger partial charge on any atom is -0.486 e. The van der Waals surface area contributed by atoms with Gasteiger partial charge in [-0.3, -0.25) is 4.90 Å². The van der Waals surface area contributed by atoms with Gasteiger partial charge < -0.3 is 10.1 Å². The van der Waals surface area contributed by atoms with Crippen LogP contribution in [0.4, 0.5) is 16.2 Å². The van der Waals surface area contributed by atoms with E-state index in [-0.39, 0.29) is 12.1 Å². The van der Waals surface area contributed by atoms with E-state index in [9.17, 15) is 4.79 Å². The van der Waals surface area contributed by atoms with Gasteiger partial charge in [0.1, 0.15) is 11.9 Å². The molecular weight excluding hydrogens is 444 g/mol. The second-order valence-electron chi connectivity index (χ2n) is 10.2. The summed E-state index contributed by atoms with van der Waals surface area (Å²) in [4.78, 5) is 15.3. The predicted octanol–water partition coefficient (Wildman–Crippen LogP) is 8.56. The first-order chi connectivity index (χ1) is 17.7. The van der Waals surface area contributed by atoms with Gasteiger partial charge in [0.25, 0.3) is 0 Å². The molecule has 3 aromatic rings. The van der Waals surface area contributed by atoms with Gasteiger partial charge in [-0.2, -0.15) is 0 Å². The van der Waals surface area contributed by atoms with Gasteiger partial charge in [0.05, 0.1) is 12.2 Å². The summed E-state index contributed by atoms with van der Waals surface area (Å²) in [6.07, 6.45) is 9.49. The molecule has 36 heavy (non-hydrogen) atoms. The highest BCUT2D eigenvalue weighted by atomic mass is 16.5. The Hall–Kier alpha value is -3.27. The number of hydrogen-bond acceptors (Lipinski definition) is 2. The van der Waals surface area contributed by atoms with Crippen molar-refractivity contribution in [2.45, 2.75) is 77.2 Å². The van der Waals surface area contributed by atoms with Crippen LogP contribution < -0.4 is 15.0 Å². The fraction of sp³-hybridized carbons (Fsp3) is 0.406. The molecule has 0 radical (unpaired) electrons. The number of carbonyl (C=O) groups excluding carboxylic acids is 1. The van der Waals surface area contributed by atoms with E-state index in [4.69, 9.17) is 4.74 Å². The Morgan fingerprint density at radius 1 is 0.944 bits per heavy atom. The minimum atomic E-state index is -0.105. The number of aryl methyl sites for hydroxylation is 1. The van der Waals surface area contributed by atoms with E-state index < -0.39 is 0 Å². The summed E-state index contributed by atoms with van der Waals surface area (Å²) in [5.41, 5.74) is 6.65. The van der Waals surface area contributed by atoms with Crippen LogP contribution >= 0.6 is 0 Å². The summed E-state index contributed by atoms with van der Waals surface area (Å²) >= 11 is 0. The minimum absolute atomic E-state index is 0.0296. The van der Waals surface area contributed by atoms with E-state index in [0.29, 0.717) is 12.5 Å². The summed E-state index contributed by atoms with van der Waals surface area (Å²) in [5, 5.41) is 3.17. The van der Waals surface area contributed by atoms with Crippen LogP contribution in [0.1, 0.15) is 75.8 Å². The number of nitrogens with zero attached hydrogens (tertiary/aromatic N) is 1. The molecule has 2 aliphatic rings. The lowest BCUT2D eigenvalue weighted by Gasteiger charge is -2.35. The highest BCUT2D eigenvalue weighted by Crippen LogP contribution is 2.39. The van der Waals surface area contributed by atoms with E-state index in [1.807, 2.05) is 29.2 Å². The number of hydrogen-bond donors (Lipinski definition) is 1. The highest BCUT2D eigenvalue weighted by molar-refractivity contribution is 6.03. The highest BCUT2D eigenvalue weighted by Gasteiger charge is 2.30. The normalized spacial score (nSPS) is 17.8. The van der Waals surface area contributed by atoms with Crippen molar-refractivity contribution in [1.29, 1.82) is 0 Å². The molecule has 188 valence electrons. The molecule has 1 fully saturated rings. The van der Waals surface area contributed by atoms with Crippen LogP contribution in [0, 0.1) is 0 Å². The lowest BCUT2D eigenvalue weighted by molar-refractivity contribution is 0.188. The van der Waals surface area contributed by atoms with Crippen molar-refractivity contribution in [2.24, 2.45) is 0 Å². The Bertz CT molecular complexity index is 1180. The van der Waals surface area contributed by atoms with E-state index in [2.05, 4.69) is 61.6 Å². The van der Waals surface area contributed by atoms with E-state index in [1.54, 1.807) is 0 Å². The Balaban J connectivity index is 1.38. The lowest BCUT2D eigenvalue weighted by Crippen LogP contribution is -2.45. The maximum absolute atomic E-state index is 13.5. The molecule has 0 bridgehead atoms.